The number of hydrogen-bond donors (Lipinski definition) is 1. The van der Waals surface area contributed by atoms with Crippen LogP contribution in [0, 0.1) is 0 Å². The first kappa shape index (κ1) is 12.1. The quantitative estimate of drug-likeness (QED) is 0.792. The molecule has 17 heavy (non-hydrogen) atoms. The van der Waals surface area contributed by atoms with Crippen molar-refractivity contribution in [1.29, 1.82) is 0 Å². The van der Waals surface area contributed by atoms with E-state index in [-0.39, 0.29) is 12.2 Å². The van der Waals surface area contributed by atoms with E-state index >= 15 is 0 Å². The molecule has 4 heteroatoms. The fourth-order valence-electron chi connectivity index (χ4n) is 2.04. The van der Waals surface area contributed by atoms with Crippen LogP contribution >= 0.6 is 0 Å². The van der Waals surface area contributed by atoms with Gasteiger partial charge < -0.3 is 4.74 Å². The highest BCUT2D eigenvalue weighted by Crippen LogP contribution is 2.08. The number of carbonyl (C=O) groups is 1. The van der Waals surface area contributed by atoms with Crippen molar-refractivity contribution in [1.82, 2.24) is 10.2 Å². The minimum Gasteiger partial charge on any atom is -0.445 e. The third kappa shape index (κ3) is 3.84. The number of benzene rings is 1. The fourth-order valence-corrected chi connectivity index (χ4v) is 2.04. The lowest BCUT2D eigenvalue weighted by atomic mass is 10.2. The molecule has 2 rings (SSSR count). The molecule has 0 unspecified atom stereocenters. The zero-order valence-corrected chi connectivity index (χ0v) is 10.1. The molecule has 1 fully saturated rings. The van der Waals surface area contributed by atoms with Crippen molar-refractivity contribution in [2.75, 3.05) is 19.6 Å². The van der Waals surface area contributed by atoms with Crippen molar-refractivity contribution >= 4 is 5.97 Å². The first-order chi connectivity index (χ1) is 8.24. The van der Waals surface area contributed by atoms with Crippen LogP contribution in [0.2, 0.25) is 0 Å². The van der Waals surface area contributed by atoms with Crippen molar-refractivity contribution in [2.24, 2.45) is 0 Å². The van der Waals surface area contributed by atoms with Crippen LogP contribution in [0.5, 0.6) is 0 Å². The van der Waals surface area contributed by atoms with Crippen LogP contribution in [-0.2, 0) is 16.1 Å². The second-order valence-electron chi connectivity index (χ2n) is 4.27. The molecule has 1 N–H and O–H groups in total. The van der Waals surface area contributed by atoms with Crippen molar-refractivity contribution < 1.29 is 9.53 Å². The van der Waals surface area contributed by atoms with Crippen LogP contribution in [0.1, 0.15) is 12.5 Å². The van der Waals surface area contributed by atoms with Gasteiger partial charge in [-0.15, -0.1) is 0 Å². The smallest absolute Gasteiger partial charge is 0.304 e. The summed E-state index contributed by atoms with van der Waals surface area (Å²) in [7, 11) is 0. The van der Waals surface area contributed by atoms with Gasteiger partial charge in [-0.1, -0.05) is 30.3 Å². The summed E-state index contributed by atoms with van der Waals surface area (Å²) in [5, 5.41) is 3.18. The van der Waals surface area contributed by atoms with Gasteiger partial charge in [-0.05, 0) is 5.56 Å². The molecule has 0 saturated carbocycles. The molecule has 1 atom stereocenters. The summed E-state index contributed by atoms with van der Waals surface area (Å²) in [4.78, 5) is 13.2. The Morgan fingerprint density at radius 2 is 2.24 bits per heavy atom. The zero-order valence-electron chi connectivity index (χ0n) is 10.1. The minimum atomic E-state index is -0.232. The van der Waals surface area contributed by atoms with Gasteiger partial charge in [0.15, 0.2) is 6.23 Å². The number of carbonyl (C=O) groups excluding carboxylic acids is 1. The van der Waals surface area contributed by atoms with Crippen LogP contribution in [0.4, 0.5) is 0 Å². The Bertz CT molecular complexity index is 367. The van der Waals surface area contributed by atoms with Crippen molar-refractivity contribution in [3.63, 3.8) is 0 Å². The van der Waals surface area contributed by atoms with E-state index in [0.717, 1.165) is 26.2 Å². The molecule has 1 aliphatic heterocycles. The average molecular weight is 234 g/mol. The van der Waals surface area contributed by atoms with Crippen LogP contribution in [0.25, 0.3) is 0 Å². The van der Waals surface area contributed by atoms with Gasteiger partial charge >= 0.3 is 5.97 Å². The molecule has 1 saturated heterocycles. The summed E-state index contributed by atoms with van der Waals surface area (Å²) >= 11 is 0. The third-order valence-electron chi connectivity index (χ3n) is 2.78. The predicted octanol–water partition coefficient (Wildman–Crippen LogP) is 0.981. The van der Waals surface area contributed by atoms with Gasteiger partial charge in [-0.3, -0.25) is 15.0 Å². The second-order valence-corrected chi connectivity index (χ2v) is 4.27. The standard InChI is InChI=1S/C13H18N2O2/c1-11(16)17-13-10-15(8-7-14-13)9-12-5-3-2-4-6-12/h2-6,13-14H,7-10H2,1H3/t13-/m0/s1. The third-order valence-corrected chi connectivity index (χ3v) is 2.78. The van der Waals surface area contributed by atoms with Crippen LogP contribution in [-0.4, -0.2) is 36.7 Å². The van der Waals surface area contributed by atoms with Gasteiger partial charge in [0, 0.05) is 33.1 Å². The molecule has 92 valence electrons. The Hall–Kier alpha value is -1.39. The molecule has 0 amide bonds. The highest BCUT2D eigenvalue weighted by molar-refractivity contribution is 5.66. The molecule has 0 aliphatic carbocycles. The molecule has 1 aromatic rings. The summed E-state index contributed by atoms with van der Waals surface area (Å²) in [5.41, 5.74) is 1.29. The molecule has 0 aromatic heterocycles. The Kier molecular flexibility index (Phi) is 4.12. The summed E-state index contributed by atoms with van der Waals surface area (Å²) in [6, 6.07) is 10.3. The lowest BCUT2D eigenvalue weighted by molar-refractivity contribution is -0.150. The van der Waals surface area contributed by atoms with E-state index in [0.29, 0.717) is 0 Å². The monoisotopic (exact) mass is 234 g/mol. The largest absolute Gasteiger partial charge is 0.445 e. The Labute approximate surface area is 102 Å². The molecule has 1 aliphatic rings. The van der Waals surface area contributed by atoms with Gasteiger partial charge in [0.1, 0.15) is 0 Å². The lowest BCUT2D eigenvalue weighted by Crippen LogP contribution is -2.51. The second kappa shape index (κ2) is 5.80. The number of piperazine rings is 1. The van der Waals surface area contributed by atoms with E-state index in [9.17, 15) is 4.79 Å². The molecular weight excluding hydrogens is 216 g/mol. The van der Waals surface area contributed by atoms with Gasteiger partial charge in [0.05, 0.1) is 0 Å². The van der Waals surface area contributed by atoms with E-state index in [2.05, 4.69) is 22.3 Å². The summed E-state index contributed by atoms with van der Waals surface area (Å²) in [5.74, 6) is -0.232. The lowest BCUT2D eigenvalue weighted by Gasteiger charge is -2.32. The Morgan fingerprint density at radius 1 is 1.47 bits per heavy atom. The van der Waals surface area contributed by atoms with Crippen molar-refractivity contribution in [3.05, 3.63) is 35.9 Å². The number of nitrogens with one attached hydrogen (secondary N) is 1. The highest BCUT2D eigenvalue weighted by atomic mass is 16.6. The van der Waals surface area contributed by atoms with E-state index in [1.165, 1.54) is 12.5 Å². The van der Waals surface area contributed by atoms with Gasteiger partial charge in [-0.25, -0.2) is 0 Å². The fraction of sp³-hybridized carbons (Fsp3) is 0.462. The normalized spacial score (nSPS) is 21.1. The minimum absolute atomic E-state index is 0.176. The number of hydrogen-bond acceptors (Lipinski definition) is 4. The topological polar surface area (TPSA) is 41.6 Å². The van der Waals surface area contributed by atoms with Gasteiger partial charge in [0.2, 0.25) is 0 Å². The number of nitrogens with zero attached hydrogens (tertiary/aromatic N) is 1. The molecule has 1 heterocycles. The van der Waals surface area contributed by atoms with Gasteiger partial charge in [0.25, 0.3) is 0 Å². The van der Waals surface area contributed by atoms with E-state index < -0.39 is 0 Å². The van der Waals surface area contributed by atoms with Crippen LogP contribution < -0.4 is 5.32 Å². The van der Waals surface area contributed by atoms with Crippen LogP contribution in [0.3, 0.4) is 0 Å². The summed E-state index contributed by atoms with van der Waals surface area (Å²) in [6.07, 6.45) is -0.176. The zero-order chi connectivity index (χ0) is 12.1. The maximum absolute atomic E-state index is 10.9. The first-order valence-electron chi connectivity index (χ1n) is 5.91. The van der Waals surface area contributed by atoms with E-state index in [1.54, 1.807) is 0 Å². The van der Waals surface area contributed by atoms with Crippen molar-refractivity contribution in [2.45, 2.75) is 19.7 Å². The molecule has 1 aromatic carbocycles. The maximum Gasteiger partial charge on any atom is 0.304 e. The van der Waals surface area contributed by atoms with E-state index in [4.69, 9.17) is 4.74 Å². The highest BCUT2D eigenvalue weighted by Gasteiger charge is 2.21. The van der Waals surface area contributed by atoms with Gasteiger partial charge in [-0.2, -0.15) is 0 Å². The number of rotatable bonds is 3. The Morgan fingerprint density at radius 3 is 2.94 bits per heavy atom. The molecular formula is C13H18N2O2. The number of ether oxygens (including phenoxy) is 1. The molecule has 4 nitrogen and oxygen atoms in total. The first-order valence-corrected chi connectivity index (χ1v) is 5.91. The SMILES string of the molecule is CC(=O)O[C@H]1CN(Cc2ccccc2)CCN1. The predicted molar refractivity (Wildman–Crippen MR) is 65.3 cm³/mol. The van der Waals surface area contributed by atoms with Crippen LogP contribution in [0.15, 0.2) is 30.3 Å². The molecule has 0 radical (unpaired) electrons. The maximum atomic E-state index is 10.9. The summed E-state index contributed by atoms with van der Waals surface area (Å²) in [6.45, 7) is 4.92. The Balaban J connectivity index is 1.87. The number of esters is 1. The molecule has 0 bridgehead atoms. The molecule has 0 spiro atoms. The van der Waals surface area contributed by atoms with E-state index in [1.807, 2.05) is 18.2 Å². The average Bonchev–Trinajstić information content (AvgIpc) is 2.30. The van der Waals surface area contributed by atoms with Crippen molar-refractivity contribution in [3.8, 4) is 0 Å². The summed E-state index contributed by atoms with van der Waals surface area (Å²) < 4.78 is 5.17.